The van der Waals surface area contributed by atoms with Gasteiger partial charge in [-0.1, -0.05) is 54.6 Å². The lowest BCUT2D eigenvalue weighted by atomic mass is 10.0. The van der Waals surface area contributed by atoms with E-state index in [2.05, 4.69) is 98.8 Å². The molecule has 0 amide bonds. The molecule has 1 atom stereocenters. The Morgan fingerprint density at radius 3 is 2.52 bits per heavy atom. The Balaban J connectivity index is 1.70. The van der Waals surface area contributed by atoms with Crippen LogP contribution in [0.3, 0.4) is 0 Å². The van der Waals surface area contributed by atoms with Gasteiger partial charge in [0.2, 0.25) is 0 Å². The lowest BCUT2D eigenvalue weighted by molar-refractivity contribution is 0.184. The lowest BCUT2D eigenvalue weighted by Crippen LogP contribution is -2.31. The maximum absolute atomic E-state index is 3.69. The van der Waals surface area contributed by atoms with E-state index in [4.69, 9.17) is 0 Å². The molecule has 2 aliphatic heterocycles. The minimum Gasteiger partial charge on any atom is -0.348 e. The molecule has 2 aromatic carbocycles. The van der Waals surface area contributed by atoms with Crippen LogP contribution in [-0.2, 0) is 6.54 Å². The van der Waals surface area contributed by atoms with E-state index in [-0.39, 0.29) is 6.17 Å². The summed E-state index contributed by atoms with van der Waals surface area (Å²) < 4.78 is 1.11. The van der Waals surface area contributed by atoms with E-state index < -0.39 is 0 Å². The van der Waals surface area contributed by atoms with Crippen LogP contribution in [0.15, 0.2) is 71.6 Å². The molecule has 21 heavy (non-hydrogen) atoms. The smallest absolute Gasteiger partial charge is 0.133 e. The monoisotopic (exact) mass is 338 g/mol. The normalized spacial score (nSPS) is 19.3. The first-order chi connectivity index (χ1) is 10.3. The Labute approximate surface area is 133 Å². The molecule has 2 nitrogen and oxygen atoms in total. The number of halogens is 1. The maximum Gasteiger partial charge on any atom is 0.133 e. The Morgan fingerprint density at radius 1 is 0.905 bits per heavy atom. The highest BCUT2D eigenvalue weighted by molar-refractivity contribution is 9.11. The molecule has 0 fully saturated rings. The first-order valence-electron chi connectivity index (χ1n) is 7.05. The van der Waals surface area contributed by atoms with E-state index >= 15 is 0 Å². The van der Waals surface area contributed by atoms with Gasteiger partial charge in [-0.05, 0) is 33.1 Å². The van der Waals surface area contributed by atoms with Crippen LogP contribution >= 0.6 is 15.9 Å². The first-order valence-corrected chi connectivity index (χ1v) is 7.85. The van der Waals surface area contributed by atoms with Crippen LogP contribution in [0.4, 0.5) is 0 Å². The van der Waals surface area contributed by atoms with Crippen molar-refractivity contribution < 1.29 is 0 Å². The van der Waals surface area contributed by atoms with Gasteiger partial charge in [0.25, 0.3) is 0 Å². The van der Waals surface area contributed by atoms with E-state index in [1.54, 1.807) is 0 Å². The zero-order valence-corrected chi connectivity index (χ0v) is 13.1. The molecule has 0 saturated heterocycles. The summed E-state index contributed by atoms with van der Waals surface area (Å²) in [6, 6.07) is 19.2. The zero-order chi connectivity index (χ0) is 14.2. The van der Waals surface area contributed by atoms with Crippen molar-refractivity contribution in [2.75, 3.05) is 0 Å². The van der Waals surface area contributed by atoms with Crippen molar-refractivity contribution in [1.29, 1.82) is 0 Å². The maximum atomic E-state index is 3.69. The molecule has 2 heterocycles. The van der Waals surface area contributed by atoms with Gasteiger partial charge in [0.15, 0.2) is 0 Å². The molecule has 0 N–H and O–H groups in total. The second-order valence-corrected chi connectivity index (χ2v) is 6.15. The predicted octanol–water partition coefficient (Wildman–Crippen LogP) is 4.68. The van der Waals surface area contributed by atoms with Crippen molar-refractivity contribution in [3.63, 3.8) is 0 Å². The van der Waals surface area contributed by atoms with Crippen molar-refractivity contribution in [3.05, 3.63) is 88.3 Å². The molecule has 0 radical (unpaired) electrons. The van der Waals surface area contributed by atoms with Crippen molar-refractivity contribution in [2.45, 2.75) is 12.7 Å². The number of nitrogens with zero attached hydrogens (tertiary/aromatic N) is 2. The van der Waals surface area contributed by atoms with Crippen molar-refractivity contribution in [2.24, 2.45) is 0 Å². The number of rotatable bonds is 2. The van der Waals surface area contributed by atoms with E-state index in [1.807, 2.05) is 0 Å². The second-order valence-electron chi connectivity index (χ2n) is 5.33. The number of benzene rings is 2. The molecule has 3 heteroatoms. The lowest BCUT2D eigenvalue weighted by Gasteiger charge is -2.36. The quantitative estimate of drug-likeness (QED) is 0.733. The summed E-state index contributed by atoms with van der Waals surface area (Å²) in [4.78, 5) is 4.65. The highest BCUT2D eigenvalue weighted by atomic mass is 79.9. The molecule has 104 valence electrons. The second kappa shape index (κ2) is 5.08. The summed E-state index contributed by atoms with van der Waals surface area (Å²) in [6.07, 6.45) is 6.74. The molecule has 0 bridgehead atoms. The van der Waals surface area contributed by atoms with Crippen molar-refractivity contribution >= 4 is 22.0 Å². The van der Waals surface area contributed by atoms with Gasteiger partial charge in [-0.15, -0.1) is 0 Å². The van der Waals surface area contributed by atoms with Gasteiger partial charge in [-0.25, -0.2) is 0 Å². The summed E-state index contributed by atoms with van der Waals surface area (Å²) >= 11 is 3.69. The summed E-state index contributed by atoms with van der Waals surface area (Å²) in [6.45, 7) is 0.910. The van der Waals surface area contributed by atoms with Gasteiger partial charge >= 0.3 is 0 Å². The number of hydrogen-bond donors (Lipinski definition) is 0. The molecule has 2 aromatic rings. The largest absolute Gasteiger partial charge is 0.348 e. The van der Waals surface area contributed by atoms with E-state index in [0.717, 1.165) is 11.2 Å². The molecule has 1 unspecified atom stereocenters. The summed E-state index contributed by atoms with van der Waals surface area (Å²) in [5, 5.41) is 0. The van der Waals surface area contributed by atoms with Gasteiger partial charge in [0.1, 0.15) is 6.17 Å². The fraction of sp³-hybridized carbons (Fsp3) is 0.111. The van der Waals surface area contributed by atoms with Crippen LogP contribution in [0.2, 0.25) is 0 Å². The SMILES string of the molecule is BrC1=Cc2ccccc2C2N(Cc3ccccc3)C=CN12. The topological polar surface area (TPSA) is 6.48 Å². The predicted molar refractivity (Wildman–Crippen MR) is 89.1 cm³/mol. The number of fused-ring (bicyclic) bond motifs is 3. The van der Waals surface area contributed by atoms with E-state index in [0.29, 0.717) is 0 Å². The van der Waals surface area contributed by atoms with Crippen LogP contribution in [-0.4, -0.2) is 9.80 Å². The van der Waals surface area contributed by atoms with Gasteiger partial charge in [-0.3, -0.25) is 0 Å². The molecule has 4 rings (SSSR count). The highest BCUT2D eigenvalue weighted by Gasteiger charge is 2.33. The molecule has 0 aliphatic carbocycles. The van der Waals surface area contributed by atoms with Crippen LogP contribution in [0.1, 0.15) is 22.9 Å². The molecule has 0 spiro atoms. The minimum absolute atomic E-state index is 0.237. The molecular formula is C18H15BrN2. The Kier molecular flexibility index (Phi) is 3.08. The standard InChI is InChI=1S/C18H15BrN2/c19-17-12-15-8-4-5-9-16(15)18-20(10-11-21(17)18)13-14-6-2-1-3-7-14/h1-12,18H,13H2. The molecular weight excluding hydrogens is 324 g/mol. The van der Waals surface area contributed by atoms with Crippen molar-refractivity contribution in [1.82, 2.24) is 9.80 Å². The van der Waals surface area contributed by atoms with Gasteiger partial charge in [0, 0.05) is 24.5 Å². The fourth-order valence-corrected chi connectivity index (χ4v) is 3.57. The molecule has 0 saturated carbocycles. The number of hydrogen-bond acceptors (Lipinski definition) is 2. The molecule has 0 aromatic heterocycles. The zero-order valence-electron chi connectivity index (χ0n) is 11.5. The summed E-state index contributed by atoms with van der Waals surface area (Å²) in [5.74, 6) is 0. The van der Waals surface area contributed by atoms with Crippen molar-refractivity contribution in [3.8, 4) is 0 Å². The highest BCUT2D eigenvalue weighted by Crippen LogP contribution is 2.42. The van der Waals surface area contributed by atoms with Gasteiger partial charge in [-0.2, -0.15) is 0 Å². The van der Waals surface area contributed by atoms with E-state index in [9.17, 15) is 0 Å². The third-order valence-corrected chi connectivity index (χ3v) is 4.64. The van der Waals surface area contributed by atoms with Gasteiger partial charge < -0.3 is 9.80 Å². The van der Waals surface area contributed by atoms with Crippen LogP contribution < -0.4 is 0 Å². The molecule has 2 aliphatic rings. The van der Waals surface area contributed by atoms with E-state index in [1.165, 1.54) is 16.7 Å². The average molecular weight is 339 g/mol. The van der Waals surface area contributed by atoms with Crippen LogP contribution in [0.25, 0.3) is 6.08 Å². The Morgan fingerprint density at radius 2 is 1.67 bits per heavy atom. The van der Waals surface area contributed by atoms with Gasteiger partial charge in [0.05, 0.1) is 4.61 Å². The summed E-state index contributed by atoms with van der Waals surface area (Å²) in [7, 11) is 0. The Bertz CT molecular complexity index is 721. The van der Waals surface area contributed by atoms with Crippen LogP contribution in [0, 0.1) is 0 Å². The third-order valence-electron chi connectivity index (χ3n) is 4.00. The first kappa shape index (κ1) is 12.7. The summed E-state index contributed by atoms with van der Waals surface area (Å²) in [5.41, 5.74) is 3.96. The third kappa shape index (κ3) is 2.18. The average Bonchev–Trinajstić information content (AvgIpc) is 2.93. The van der Waals surface area contributed by atoms with Crippen LogP contribution in [0.5, 0.6) is 0 Å². The fourth-order valence-electron chi connectivity index (χ4n) is 3.01. The Hall–Kier alpha value is -2.00. The minimum atomic E-state index is 0.237.